The van der Waals surface area contributed by atoms with E-state index >= 15 is 0 Å². The number of carboxylic acids is 1. The van der Waals surface area contributed by atoms with Crippen LogP contribution in [-0.2, 0) is 14.3 Å². The molecule has 1 unspecified atom stereocenters. The molecule has 2 aliphatic rings. The topological polar surface area (TPSA) is 95.9 Å². The highest BCUT2D eigenvalue weighted by Crippen LogP contribution is 2.44. The molecule has 0 heterocycles. The Kier molecular flexibility index (Phi) is 6.44. The van der Waals surface area contributed by atoms with Gasteiger partial charge in [-0.3, -0.25) is 9.59 Å². The van der Waals surface area contributed by atoms with Crippen LogP contribution < -0.4 is 5.32 Å². The second-order valence-electron chi connectivity index (χ2n) is 8.54. The fourth-order valence-corrected chi connectivity index (χ4v) is 4.39. The molecule has 168 valence electrons. The van der Waals surface area contributed by atoms with E-state index in [4.69, 9.17) is 9.84 Å². The lowest BCUT2D eigenvalue weighted by Gasteiger charge is -2.24. The molecule has 7 heteroatoms. The molecule has 1 atom stereocenters. The van der Waals surface area contributed by atoms with Crippen LogP contribution in [0.5, 0.6) is 0 Å². The standard InChI is InChI=1S/C25H28N2O5/c1-27(14-6-11-22(28)29)24(30)23(16-12-13-16)26-25(31)32-15-21-19-9-4-2-7-17(19)18-8-3-5-10-20(18)21/h2-5,7-10,16,21,23H,6,11-15H2,1H3,(H,26,31)(H,28,29). The lowest BCUT2D eigenvalue weighted by atomic mass is 9.98. The average molecular weight is 437 g/mol. The Morgan fingerprint density at radius 1 is 1.06 bits per heavy atom. The number of benzene rings is 2. The van der Waals surface area contributed by atoms with Gasteiger partial charge in [0.05, 0.1) is 0 Å². The summed E-state index contributed by atoms with van der Waals surface area (Å²) in [5.41, 5.74) is 4.58. The number of hydrogen-bond acceptors (Lipinski definition) is 4. The molecule has 1 saturated carbocycles. The third kappa shape index (κ3) is 4.77. The number of rotatable bonds is 9. The Labute approximate surface area is 187 Å². The highest BCUT2D eigenvalue weighted by Gasteiger charge is 2.39. The molecule has 2 N–H and O–H groups in total. The van der Waals surface area contributed by atoms with Gasteiger partial charge in [-0.1, -0.05) is 48.5 Å². The lowest BCUT2D eigenvalue weighted by molar-refractivity contribution is -0.138. The maximum absolute atomic E-state index is 12.8. The monoisotopic (exact) mass is 436 g/mol. The van der Waals surface area contributed by atoms with Gasteiger partial charge >= 0.3 is 12.1 Å². The second kappa shape index (κ2) is 9.42. The highest BCUT2D eigenvalue weighted by atomic mass is 16.5. The molecule has 0 bridgehead atoms. The van der Waals surface area contributed by atoms with E-state index in [0.29, 0.717) is 13.0 Å². The van der Waals surface area contributed by atoms with Gasteiger partial charge in [0.15, 0.2) is 0 Å². The maximum atomic E-state index is 12.8. The average Bonchev–Trinajstić information content (AvgIpc) is 3.58. The Morgan fingerprint density at radius 2 is 1.66 bits per heavy atom. The van der Waals surface area contributed by atoms with Crippen LogP contribution in [0.4, 0.5) is 4.79 Å². The zero-order valence-corrected chi connectivity index (χ0v) is 18.1. The second-order valence-corrected chi connectivity index (χ2v) is 8.54. The number of ether oxygens (including phenoxy) is 1. The van der Waals surface area contributed by atoms with Gasteiger partial charge in [0.25, 0.3) is 0 Å². The van der Waals surface area contributed by atoms with E-state index in [0.717, 1.165) is 35.1 Å². The van der Waals surface area contributed by atoms with Gasteiger partial charge < -0.3 is 20.1 Å². The van der Waals surface area contributed by atoms with Crippen LogP contribution in [0.15, 0.2) is 48.5 Å². The van der Waals surface area contributed by atoms with E-state index in [1.54, 1.807) is 7.05 Å². The predicted molar refractivity (Wildman–Crippen MR) is 119 cm³/mol. The lowest BCUT2D eigenvalue weighted by Crippen LogP contribution is -2.49. The van der Waals surface area contributed by atoms with Crippen molar-refractivity contribution in [3.63, 3.8) is 0 Å². The molecule has 2 aromatic carbocycles. The zero-order valence-electron chi connectivity index (χ0n) is 18.1. The molecular formula is C25H28N2O5. The molecule has 0 spiro atoms. The van der Waals surface area contributed by atoms with Crippen molar-refractivity contribution in [3.05, 3.63) is 59.7 Å². The molecular weight excluding hydrogens is 408 g/mol. The Hall–Kier alpha value is -3.35. The SMILES string of the molecule is CN(CCCC(=O)O)C(=O)C(NC(=O)OCC1c2ccccc2-c2ccccc21)C1CC1. The van der Waals surface area contributed by atoms with Crippen molar-refractivity contribution < 1.29 is 24.2 Å². The smallest absolute Gasteiger partial charge is 0.407 e. The Morgan fingerprint density at radius 3 is 2.22 bits per heavy atom. The van der Waals surface area contributed by atoms with E-state index in [1.807, 2.05) is 24.3 Å². The number of aliphatic carboxylic acids is 1. The number of alkyl carbamates (subject to hydrolysis) is 1. The normalized spacial score (nSPS) is 15.4. The molecule has 2 aliphatic carbocycles. The first-order chi connectivity index (χ1) is 15.5. The van der Waals surface area contributed by atoms with E-state index < -0.39 is 18.1 Å². The number of nitrogens with one attached hydrogen (secondary N) is 1. The van der Waals surface area contributed by atoms with Crippen LogP contribution in [0.2, 0.25) is 0 Å². The summed E-state index contributed by atoms with van der Waals surface area (Å²) in [4.78, 5) is 37.6. The first-order valence-electron chi connectivity index (χ1n) is 11.0. The summed E-state index contributed by atoms with van der Waals surface area (Å²) >= 11 is 0. The van der Waals surface area contributed by atoms with Gasteiger partial charge in [-0.25, -0.2) is 4.79 Å². The van der Waals surface area contributed by atoms with Crippen LogP contribution in [0.25, 0.3) is 11.1 Å². The molecule has 2 aromatic rings. The van der Waals surface area contributed by atoms with Crippen molar-refractivity contribution >= 4 is 18.0 Å². The highest BCUT2D eigenvalue weighted by molar-refractivity contribution is 5.86. The minimum absolute atomic E-state index is 0.00548. The van der Waals surface area contributed by atoms with Gasteiger partial charge in [0.2, 0.25) is 5.91 Å². The number of fused-ring (bicyclic) bond motifs is 3. The number of carbonyl (C=O) groups is 3. The summed E-state index contributed by atoms with van der Waals surface area (Å²) in [6.45, 7) is 0.528. The maximum Gasteiger partial charge on any atom is 0.407 e. The number of carboxylic acid groups (broad SMARTS) is 1. The number of nitrogens with zero attached hydrogens (tertiary/aromatic N) is 1. The van der Waals surface area contributed by atoms with Crippen molar-refractivity contribution in [2.24, 2.45) is 5.92 Å². The molecule has 0 saturated heterocycles. The van der Waals surface area contributed by atoms with Gasteiger partial charge in [0.1, 0.15) is 12.6 Å². The first-order valence-corrected chi connectivity index (χ1v) is 11.0. The Bertz CT molecular complexity index is 971. The minimum Gasteiger partial charge on any atom is -0.481 e. The number of likely N-dealkylation sites (N-methyl/N-ethyl adjacent to an activating group) is 1. The van der Waals surface area contributed by atoms with Crippen LogP contribution in [0.3, 0.4) is 0 Å². The minimum atomic E-state index is -0.888. The van der Waals surface area contributed by atoms with E-state index in [-0.39, 0.29) is 30.8 Å². The molecule has 0 radical (unpaired) electrons. The van der Waals surface area contributed by atoms with Crippen molar-refractivity contribution in [2.75, 3.05) is 20.2 Å². The fourth-order valence-electron chi connectivity index (χ4n) is 4.39. The van der Waals surface area contributed by atoms with E-state index in [9.17, 15) is 14.4 Å². The van der Waals surface area contributed by atoms with Crippen molar-refractivity contribution in [1.82, 2.24) is 10.2 Å². The van der Waals surface area contributed by atoms with Gasteiger partial charge in [-0.05, 0) is 47.4 Å². The molecule has 4 rings (SSSR count). The molecule has 1 fully saturated rings. The third-order valence-electron chi connectivity index (χ3n) is 6.24. The van der Waals surface area contributed by atoms with Crippen LogP contribution in [0.1, 0.15) is 42.7 Å². The van der Waals surface area contributed by atoms with Gasteiger partial charge in [-0.2, -0.15) is 0 Å². The fraction of sp³-hybridized carbons (Fsp3) is 0.400. The quantitative estimate of drug-likeness (QED) is 0.626. The zero-order chi connectivity index (χ0) is 22.7. The summed E-state index contributed by atoms with van der Waals surface area (Å²) in [5, 5.41) is 11.5. The number of carbonyl (C=O) groups excluding carboxylic acids is 2. The van der Waals surface area contributed by atoms with E-state index in [2.05, 4.69) is 29.6 Å². The number of amides is 2. The number of hydrogen-bond donors (Lipinski definition) is 2. The molecule has 2 amide bonds. The summed E-state index contributed by atoms with van der Waals surface area (Å²) in [5.74, 6) is -1.03. The van der Waals surface area contributed by atoms with E-state index in [1.165, 1.54) is 4.90 Å². The van der Waals surface area contributed by atoms with Crippen LogP contribution in [-0.4, -0.2) is 54.2 Å². The van der Waals surface area contributed by atoms with Crippen molar-refractivity contribution in [1.29, 1.82) is 0 Å². The van der Waals surface area contributed by atoms with Crippen molar-refractivity contribution in [3.8, 4) is 11.1 Å². The van der Waals surface area contributed by atoms with Gasteiger partial charge in [-0.15, -0.1) is 0 Å². The summed E-state index contributed by atoms with van der Waals surface area (Å²) in [6, 6.07) is 15.6. The predicted octanol–water partition coefficient (Wildman–Crippen LogP) is 3.63. The third-order valence-corrected chi connectivity index (χ3v) is 6.24. The Balaban J connectivity index is 1.37. The largest absolute Gasteiger partial charge is 0.481 e. The van der Waals surface area contributed by atoms with Crippen molar-refractivity contribution in [2.45, 2.75) is 37.6 Å². The molecule has 7 nitrogen and oxygen atoms in total. The molecule has 0 aromatic heterocycles. The summed E-state index contributed by atoms with van der Waals surface area (Å²) < 4.78 is 5.59. The molecule has 32 heavy (non-hydrogen) atoms. The van der Waals surface area contributed by atoms with Crippen LogP contribution in [0, 0.1) is 5.92 Å². The summed E-state index contributed by atoms with van der Waals surface area (Å²) in [6.07, 6.45) is 1.54. The van der Waals surface area contributed by atoms with Crippen LogP contribution >= 0.6 is 0 Å². The first kappa shape index (κ1) is 21.9. The molecule has 0 aliphatic heterocycles. The summed E-state index contributed by atoms with van der Waals surface area (Å²) in [7, 11) is 1.64. The van der Waals surface area contributed by atoms with Gasteiger partial charge in [0, 0.05) is 25.9 Å².